The fourth-order valence-electron chi connectivity index (χ4n) is 1.62. The number of nitrogens with zero attached hydrogens (tertiary/aromatic N) is 2. The number of carbonyl (C=O) groups excluding carboxylic acids is 1. The van der Waals surface area contributed by atoms with E-state index in [4.69, 9.17) is 5.73 Å². The lowest BCUT2D eigenvalue weighted by Gasteiger charge is -2.21. The van der Waals surface area contributed by atoms with Gasteiger partial charge in [0.15, 0.2) is 0 Å². The minimum Gasteiger partial charge on any atom is -0.397 e. The van der Waals surface area contributed by atoms with Crippen molar-refractivity contribution in [2.24, 2.45) is 7.05 Å². The zero-order valence-corrected chi connectivity index (χ0v) is 10.2. The van der Waals surface area contributed by atoms with Crippen molar-refractivity contribution in [3.05, 3.63) is 30.1 Å². The molecule has 88 valence electrons. The van der Waals surface area contributed by atoms with Crippen LogP contribution in [0.15, 0.2) is 24.4 Å². The van der Waals surface area contributed by atoms with Crippen molar-refractivity contribution < 1.29 is 4.79 Å². The molecule has 1 amide bonds. The minimum atomic E-state index is -0.00954. The Morgan fingerprint density at radius 2 is 2.25 bits per heavy atom. The summed E-state index contributed by atoms with van der Waals surface area (Å²) in [7, 11) is 1.82. The summed E-state index contributed by atoms with van der Waals surface area (Å²) in [6.45, 7) is 8.93. The number of nitrogens with two attached hydrogens (primary N) is 1. The van der Waals surface area contributed by atoms with Crippen molar-refractivity contribution in [2.75, 3.05) is 18.8 Å². The van der Waals surface area contributed by atoms with Crippen LogP contribution in [0.25, 0.3) is 0 Å². The van der Waals surface area contributed by atoms with Crippen LogP contribution in [-0.2, 0) is 7.05 Å². The molecule has 4 heteroatoms. The second-order valence-corrected chi connectivity index (χ2v) is 4.05. The fourth-order valence-corrected chi connectivity index (χ4v) is 1.62. The van der Waals surface area contributed by atoms with Crippen LogP contribution in [0.5, 0.6) is 0 Å². The Morgan fingerprint density at radius 3 is 2.62 bits per heavy atom. The molecule has 0 saturated carbocycles. The highest BCUT2D eigenvalue weighted by Crippen LogP contribution is 2.12. The molecule has 16 heavy (non-hydrogen) atoms. The van der Waals surface area contributed by atoms with Crippen molar-refractivity contribution in [3.63, 3.8) is 0 Å². The lowest BCUT2D eigenvalue weighted by molar-refractivity contribution is 0.0769. The van der Waals surface area contributed by atoms with Crippen molar-refractivity contribution in [1.29, 1.82) is 0 Å². The average Bonchev–Trinajstić information content (AvgIpc) is 2.53. The predicted octanol–water partition coefficient (Wildman–Crippen LogP) is 1.65. The van der Waals surface area contributed by atoms with Crippen molar-refractivity contribution in [3.8, 4) is 0 Å². The Hall–Kier alpha value is -1.71. The van der Waals surface area contributed by atoms with Gasteiger partial charge in [-0.05, 0) is 19.9 Å². The predicted molar refractivity (Wildman–Crippen MR) is 66.2 cm³/mol. The normalized spacial score (nSPS) is 10.2. The molecule has 0 aromatic carbocycles. The number of aryl methyl sites for hydroxylation is 1. The smallest absolute Gasteiger partial charge is 0.270 e. The largest absolute Gasteiger partial charge is 0.397 e. The van der Waals surface area contributed by atoms with Crippen LogP contribution in [-0.4, -0.2) is 28.5 Å². The van der Waals surface area contributed by atoms with E-state index >= 15 is 0 Å². The third-order valence-corrected chi connectivity index (χ3v) is 2.37. The number of nitrogen functional groups attached to an aromatic ring is 1. The zero-order valence-electron chi connectivity index (χ0n) is 10.2. The molecule has 0 bridgehead atoms. The van der Waals surface area contributed by atoms with Crippen LogP contribution in [0.4, 0.5) is 5.69 Å². The van der Waals surface area contributed by atoms with Gasteiger partial charge in [-0.3, -0.25) is 4.79 Å². The summed E-state index contributed by atoms with van der Waals surface area (Å²) in [5.41, 5.74) is 7.84. The number of rotatable bonds is 4. The molecule has 0 radical (unpaired) electrons. The number of carbonyl (C=O) groups is 1. The molecular weight excluding hydrogens is 202 g/mol. The van der Waals surface area contributed by atoms with E-state index in [1.54, 1.807) is 21.7 Å². The zero-order chi connectivity index (χ0) is 12.3. The van der Waals surface area contributed by atoms with Gasteiger partial charge < -0.3 is 15.2 Å². The quantitative estimate of drug-likeness (QED) is 0.786. The Balaban J connectivity index is 2.91. The standard InChI is InChI=1S/C12H19N3O/c1-5-15(7-9(2)3)12(16)11-6-10(13)8-14(11)4/h6,8H,2,5,7,13H2,1,3-4H3. The molecule has 0 spiro atoms. The molecule has 1 heterocycles. The van der Waals surface area contributed by atoms with Gasteiger partial charge in [0.2, 0.25) is 0 Å². The maximum atomic E-state index is 12.2. The van der Waals surface area contributed by atoms with Crippen molar-refractivity contribution >= 4 is 11.6 Å². The van der Waals surface area contributed by atoms with Gasteiger partial charge in [0.05, 0.1) is 5.69 Å². The van der Waals surface area contributed by atoms with Crippen LogP contribution in [0.2, 0.25) is 0 Å². The van der Waals surface area contributed by atoms with Gasteiger partial charge in [-0.15, -0.1) is 0 Å². The molecule has 2 N–H and O–H groups in total. The van der Waals surface area contributed by atoms with Gasteiger partial charge in [-0.2, -0.15) is 0 Å². The summed E-state index contributed by atoms with van der Waals surface area (Å²) < 4.78 is 1.75. The maximum Gasteiger partial charge on any atom is 0.270 e. The SMILES string of the molecule is C=C(C)CN(CC)C(=O)c1cc(N)cn1C. The number of hydrogen-bond donors (Lipinski definition) is 1. The number of aromatic nitrogens is 1. The highest BCUT2D eigenvalue weighted by Gasteiger charge is 2.17. The third kappa shape index (κ3) is 2.66. The van der Waals surface area contributed by atoms with Crippen molar-refractivity contribution in [2.45, 2.75) is 13.8 Å². The summed E-state index contributed by atoms with van der Waals surface area (Å²) in [5, 5.41) is 0. The topological polar surface area (TPSA) is 51.3 Å². The Morgan fingerprint density at radius 1 is 1.62 bits per heavy atom. The second-order valence-electron chi connectivity index (χ2n) is 4.05. The molecule has 0 atom stereocenters. The molecule has 1 aromatic rings. The first-order chi connectivity index (χ1) is 7.45. The molecule has 0 aliphatic carbocycles. The van der Waals surface area contributed by atoms with E-state index in [2.05, 4.69) is 6.58 Å². The first kappa shape index (κ1) is 12.4. The first-order valence-electron chi connectivity index (χ1n) is 5.31. The van der Waals surface area contributed by atoms with E-state index in [9.17, 15) is 4.79 Å². The molecule has 0 saturated heterocycles. The fraction of sp³-hybridized carbons (Fsp3) is 0.417. The monoisotopic (exact) mass is 221 g/mol. The van der Waals surface area contributed by atoms with E-state index in [0.29, 0.717) is 24.5 Å². The molecule has 4 nitrogen and oxygen atoms in total. The maximum absolute atomic E-state index is 12.2. The lowest BCUT2D eigenvalue weighted by Crippen LogP contribution is -2.33. The van der Waals surface area contributed by atoms with E-state index in [-0.39, 0.29) is 5.91 Å². The van der Waals surface area contributed by atoms with E-state index in [1.165, 1.54) is 0 Å². The summed E-state index contributed by atoms with van der Waals surface area (Å²) in [4.78, 5) is 13.9. The van der Waals surface area contributed by atoms with Gasteiger partial charge in [-0.25, -0.2) is 0 Å². The summed E-state index contributed by atoms with van der Waals surface area (Å²) >= 11 is 0. The van der Waals surface area contributed by atoms with E-state index in [0.717, 1.165) is 5.57 Å². The molecule has 1 rings (SSSR count). The van der Waals surface area contributed by atoms with Crippen molar-refractivity contribution in [1.82, 2.24) is 9.47 Å². The highest BCUT2D eigenvalue weighted by atomic mass is 16.2. The molecule has 0 aliphatic rings. The number of anilines is 1. The highest BCUT2D eigenvalue weighted by molar-refractivity contribution is 5.94. The Kier molecular flexibility index (Phi) is 3.77. The summed E-state index contributed by atoms with van der Waals surface area (Å²) in [6, 6.07) is 1.70. The Bertz CT molecular complexity index is 406. The lowest BCUT2D eigenvalue weighted by atomic mass is 10.3. The first-order valence-corrected chi connectivity index (χ1v) is 5.31. The molecule has 1 aromatic heterocycles. The van der Waals surface area contributed by atoms with Gasteiger partial charge in [0, 0.05) is 26.3 Å². The molecule has 0 unspecified atom stereocenters. The van der Waals surface area contributed by atoms with E-state index in [1.807, 2.05) is 20.9 Å². The van der Waals surface area contributed by atoms with Gasteiger partial charge in [0.1, 0.15) is 5.69 Å². The van der Waals surface area contributed by atoms with Gasteiger partial charge in [-0.1, -0.05) is 12.2 Å². The molecular formula is C12H19N3O. The summed E-state index contributed by atoms with van der Waals surface area (Å²) in [6.07, 6.45) is 1.74. The average molecular weight is 221 g/mol. The minimum absolute atomic E-state index is 0.00954. The van der Waals surface area contributed by atoms with Crippen LogP contribution in [0.3, 0.4) is 0 Å². The van der Waals surface area contributed by atoms with Crippen LogP contribution >= 0.6 is 0 Å². The van der Waals surface area contributed by atoms with E-state index < -0.39 is 0 Å². The molecule has 0 fully saturated rings. The van der Waals surface area contributed by atoms with Crippen LogP contribution < -0.4 is 5.73 Å². The number of likely N-dealkylation sites (N-methyl/N-ethyl adjacent to an activating group) is 1. The summed E-state index contributed by atoms with van der Waals surface area (Å²) in [5.74, 6) is -0.00954. The van der Waals surface area contributed by atoms with Crippen LogP contribution in [0, 0.1) is 0 Å². The van der Waals surface area contributed by atoms with Gasteiger partial charge in [0.25, 0.3) is 5.91 Å². The van der Waals surface area contributed by atoms with Crippen LogP contribution in [0.1, 0.15) is 24.3 Å². The second kappa shape index (κ2) is 4.88. The van der Waals surface area contributed by atoms with Gasteiger partial charge >= 0.3 is 0 Å². The number of amides is 1. The third-order valence-electron chi connectivity index (χ3n) is 2.37. The molecule has 0 aliphatic heterocycles. The Labute approximate surface area is 96.3 Å². The number of hydrogen-bond acceptors (Lipinski definition) is 2.